The van der Waals surface area contributed by atoms with E-state index in [1.165, 1.54) is 13.2 Å². The molecule has 0 aliphatic heterocycles. The first-order valence-electron chi connectivity index (χ1n) is 5.28. The predicted octanol–water partition coefficient (Wildman–Crippen LogP) is 2.91. The van der Waals surface area contributed by atoms with Gasteiger partial charge < -0.3 is 10.1 Å². The Morgan fingerprint density at radius 1 is 1.61 bits per heavy atom. The van der Waals surface area contributed by atoms with Gasteiger partial charge in [0.15, 0.2) is 11.6 Å². The number of nitrogens with zero attached hydrogens (tertiary/aromatic N) is 1. The number of benzene rings is 1. The predicted molar refractivity (Wildman–Crippen MR) is 71.1 cm³/mol. The van der Waals surface area contributed by atoms with E-state index in [0.29, 0.717) is 11.8 Å². The van der Waals surface area contributed by atoms with Crippen LogP contribution in [-0.2, 0) is 0 Å². The molecule has 0 bridgehead atoms. The fourth-order valence-corrected chi connectivity index (χ4v) is 1.57. The molecule has 5 nitrogen and oxygen atoms in total. The summed E-state index contributed by atoms with van der Waals surface area (Å²) in [7, 11) is 1.31. The molecule has 0 aromatic heterocycles. The molecule has 1 atom stereocenters. The number of methoxy groups -OCH3 is 1. The van der Waals surface area contributed by atoms with Crippen LogP contribution < -0.4 is 10.1 Å². The van der Waals surface area contributed by atoms with Crippen molar-refractivity contribution in [2.75, 3.05) is 25.2 Å². The van der Waals surface area contributed by atoms with E-state index in [4.69, 9.17) is 4.74 Å². The maximum Gasteiger partial charge on any atom is 0.313 e. The van der Waals surface area contributed by atoms with Crippen molar-refractivity contribution in [3.05, 3.63) is 28.1 Å². The summed E-state index contributed by atoms with van der Waals surface area (Å²) in [6.07, 6.45) is 1.96. The van der Waals surface area contributed by atoms with Crippen LogP contribution in [0.3, 0.4) is 0 Å². The molecule has 1 N–H and O–H groups in total. The number of hydrogen-bond donors (Lipinski definition) is 1. The molecule has 18 heavy (non-hydrogen) atoms. The number of nitro benzene ring substituents is 1. The Bertz CT molecular complexity index is 443. The van der Waals surface area contributed by atoms with Gasteiger partial charge in [0.25, 0.3) is 0 Å². The normalized spacial score (nSPS) is 12.0. The van der Waals surface area contributed by atoms with E-state index in [0.717, 1.165) is 6.07 Å². The van der Waals surface area contributed by atoms with E-state index < -0.39 is 10.7 Å². The van der Waals surface area contributed by atoms with Crippen molar-refractivity contribution >= 4 is 23.1 Å². The average Bonchev–Trinajstić information content (AvgIpc) is 2.36. The Labute approximate surface area is 109 Å². The third-order valence-electron chi connectivity index (χ3n) is 2.45. The SMILES string of the molecule is COc1cc(NCC(C)SC)c(F)cc1[N+](=O)[O-]. The van der Waals surface area contributed by atoms with E-state index in [9.17, 15) is 14.5 Å². The van der Waals surface area contributed by atoms with Gasteiger partial charge in [0.05, 0.1) is 23.8 Å². The fourth-order valence-electron chi connectivity index (χ4n) is 1.32. The van der Waals surface area contributed by atoms with E-state index >= 15 is 0 Å². The summed E-state index contributed by atoms with van der Waals surface area (Å²) in [5.41, 5.74) is -0.170. The van der Waals surface area contributed by atoms with Crippen molar-refractivity contribution in [1.29, 1.82) is 0 Å². The van der Waals surface area contributed by atoms with Crippen LogP contribution in [0.5, 0.6) is 5.75 Å². The van der Waals surface area contributed by atoms with Crippen molar-refractivity contribution in [3.8, 4) is 5.75 Å². The van der Waals surface area contributed by atoms with Gasteiger partial charge in [0, 0.05) is 17.9 Å². The minimum Gasteiger partial charge on any atom is -0.490 e. The number of halogens is 1. The summed E-state index contributed by atoms with van der Waals surface area (Å²) in [5.74, 6) is -0.614. The third-order valence-corrected chi connectivity index (χ3v) is 3.42. The molecule has 0 saturated carbocycles. The van der Waals surface area contributed by atoms with Crippen LogP contribution in [0.2, 0.25) is 0 Å². The van der Waals surface area contributed by atoms with Crippen LogP contribution in [0, 0.1) is 15.9 Å². The van der Waals surface area contributed by atoms with Gasteiger partial charge in [0.1, 0.15) is 0 Å². The highest BCUT2D eigenvalue weighted by Gasteiger charge is 2.19. The lowest BCUT2D eigenvalue weighted by molar-refractivity contribution is -0.385. The highest BCUT2D eigenvalue weighted by atomic mass is 32.2. The molecular weight excluding hydrogens is 259 g/mol. The van der Waals surface area contributed by atoms with Crippen molar-refractivity contribution < 1.29 is 14.1 Å². The van der Waals surface area contributed by atoms with Crippen LogP contribution in [-0.4, -0.2) is 30.1 Å². The standard InChI is InChI=1S/C11H15FN2O3S/c1-7(18-3)6-13-9-5-11(17-2)10(14(15)16)4-8(9)12/h4-5,7,13H,6H2,1-3H3. The quantitative estimate of drug-likeness (QED) is 0.638. The smallest absolute Gasteiger partial charge is 0.313 e. The third kappa shape index (κ3) is 3.49. The summed E-state index contributed by atoms with van der Waals surface area (Å²) in [6.45, 7) is 2.57. The van der Waals surface area contributed by atoms with Crippen molar-refractivity contribution in [1.82, 2.24) is 0 Å². The van der Waals surface area contributed by atoms with Crippen molar-refractivity contribution in [3.63, 3.8) is 0 Å². The molecule has 1 rings (SSSR count). The van der Waals surface area contributed by atoms with Gasteiger partial charge >= 0.3 is 5.69 Å². The first kappa shape index (κ1) is 14.6. The topological polar surface area (TPSA) is 64.4 Å². The van der Waals surface area contributed by atoms with Crippen LogP contribution >= 0.6 is 11.8 Å². The van der Waals surface area contributed by atoms with Gasteiger partial charge in [-0.15, -0.1) is 0 Å². The number of ether oxygens (including phenoxy) is 1. The summed E-state index contributed by atoms with van der Waals surface area (Å²) >= 11 is 1.64. The largest absolute Gasteiger partial charge is 0.490 e. The Morgan fingerprint density at radius 2 is 2.28 bits per heavy atom. The van der Waals surface area contributed by atoms with Gasteiger partial charge in [-0.1, -0.05) is 6.92 Å². The first-order valence-corrected chi connectivity index (χ1v) is 6.57. The van der Waals surface area contributed by atoms with Gasteiger partial charge in [-0.25, -0.2) is 4.39 Å². The zero-order chi connectivity index (χ0) is 13.7. The fraction of sp³-hybridized carbons (Fsp3) is 0.455. The Balaban J connectivity index is 2.97. The Hall–Kier alpha value is -1.50. The molecule has 7 heteroatoms. The number of anilines is 1. The lowest BCUT2D eigenvalue weighted by Crippen LogP contribution is -2.13. The Kier molecular flexibility index (Phi) is 5.21. The van der Waals surface area contributed by atoms with E-state index in [1.807, 2.05) is 13.2 Å². The van der Waals surface area contributed by atoms with Crippen LogP contribution in [0.1, 0.15) is 6.92 Å². The zero-order valence-corrected chi connectivity index (χ0v) is 11.2. The number of hydrogen-bond acceptors (Lipinski definition) is 5. The molecule has 0 saturated heterocycles. The number of nitro groups is 1. The second-order valence-corrected chi connectivity index (χ2v) is 4.96. The molecule has 0 spiro atoms. The molecule has 0 aliphatic rings. The maximum atomic E-state index is 13.7. The molecule has 0 heterocycles. The highest BCUT2D eigenvalue weighted by Crippen LogP contribution is 2.32. The number of thioether (sulfide) groups is 1. The van der Waals surface area contributed by atoms with Gasteiger partial charge in [-0.3, -0.25) is 10.1 Å². The lowest BCUT2D eigenvalue weighted by Gasteiger charge is -2.12. The molecule has 1 unspecified atom stereocenters. The Morgan fingerprint density at radius 3 is 2.78 bits per heavy atom. The molecule has 0 radical (unpaired) electrons. The zero-order valence-electron chi connectivity index (χ0n) is 10.4. The molecule has 1 aromatic carbocycles. The second kappa shape index (κ2) is 6.44. The van der Waals surface area contributed by atoms with E-state index in [1.54, 1.807) is 11.8 Å². The monoisotopic (exact) mass is 274 g/mol. The van der Waals surface area contributed by atoms with Crippen molar-refractivity contribution in [2.45, 2.75) is 12.2 Å². The summed E-state index contributed by atoms with van der Waals surface area (Å²) in [4.78, 5) is 10.0. The van der Waals surface area contributed by atoms with Gasteiger partial charge in [-0.05, 0) is 6.26 Å². The minimum atomic E-state index is -0.670. The van der Waals surface area contributed by atoms with Gasteiger partial charge in [-0.2, -0.15) is 11.8 Å². The number of rotatable bonds is 6. The highest BCUT2D eigenvalue weighted by molar-refractivity contribution is 7.99. The van der Waals surface area contributed by atoms with Crippen molar-refractivity contribution in [2.24, 2.45) is 0 Å². The molecule has 0 aliphatic carbocycles. The maximum absolute atomic E-state index is 13.7. The summed E-state index contributed by atoms with van der Waals surface area (Å²) in [6, 6.07) is 2.17. The second-order valence-electron chi connectivity index (χ2n) is 3.69. The molecular formula is C11H15FN2O3S. The molecule has 0 fully saturated rings. The van der Waals surface area contributed by atoms with E-state index in [2.05, 4.69) is 5.32 Å². The van der Waals surface area contributed by atoms with Crippen LogP contribution in [0.25, 0.3) is 0 Å². The first-order chi connectivity index (χ1) is 8.49. The van der Waals surface area contributed by atoms with Crippen LogP contribution in [0.4, 0.5) is 15.8 Å². The summed E-state index contributed by atoms with van der Waals surface area (Å²) in [5, 5.41) is 13.9. The number of nitrogens with one attached hydrogen (secondary N) is 1. The minimum absolute atomic E-state index is 0.0423. The molecule has 0 amide bonds. The summed E-state index contributed by atoms with van der Waals surface area (Å²) < 4.78 is 18.5. The van der Waals surface area contributed by atoms with Gasteiger partial charge in [0.2, 0.25) is 0 Å². The van der Waals surface area contributed by atoms with Crippen LogP contribution in [0.15, 0.2) is 12.1 Å². The lowest BCUT2D eigenvalue weighted by atomic mass is 10.2. The molecule has 100 valence electrons. The average molecular weight is 274 g/mol. The molecule has 1 aromatic rings. The van der Waals surface area contributed by atoms with E-state index in [-0.39, 0.29) is 17.1 Å².